The molecule has 3 heterocycles. The maximum atomic E-state index is 13.5. The Morgan fingerprint density at radius 3 is 2.12 bits per heavy atom. The van der Waals surface area contributed by atoms with Gasteiger partial charge in [-0.3, -0.25) is 14.5 Å². The van der Waals surface area contributed by atoms with E-state index in [2.05, 4.69) is 9.97 Å². The lowest BCUT2D eigenvalue weighted by molar-refractivity contribution is -0.190. The SMILES string of the molecule is CC(C)(C)N(C(=O)O)[C@@H](CC(=O)N1CCc2c(nc(C(F)(F)F)nc2C(F)(F)F)C1)CN1CC(C(F)(F)F)CCC1=O. The van der Waals surface area contributed by atoms with Crippen LogP contribution in [0.1, 0.15) is 62.8 Å². The molecule has 0 radical (unpaired) electrons. The van der Waals surface area contributed by atoms with Crippen molar-refractivity contribution in [2.75, 3.05) is 19.6 Å². The van der Waals surface area contributed by atoms with E-state index in [1.807, 2.05) is 0 Å². The zero-order chi connectivity index (χ0) is 32.0. The Labute approximate surface area is 233 Å². The normalized spacial score (nSPS) is 19.4. The molecule has 0 spiro atoms. The first-order valence-electron chi connectivity index (χ1n) is 12.7. The van der Waals surface area contributed by atoms with E-state index in [9.17, 15) is 59.0 Å². The van der Waals surface area contributed by atoms with Crippen LogP contribution in [0.15, 0.2) is 0 Å². The van der Waals surface area contributed by atoms with Crippen LogP contribution in [-0.4, -0.2) is 85.1 Å². The van der Waals surface area contributed by atoms with Crippen LogP contribution >= 0.6 is 0 Å². The Hall–Kier alpha value is -3.34. The number of carbonyl (C=O) groups excluding carboxylic acids is 2. The summed E-state index contributed by atoms with van der Waals surface area (Å²) in [5.41, 5.74) is -4.30. The highest BCUT2D eigenvalue weighted by atomic mass is 19.4. The number of carbonyl (C=O) groups is 3. The van der Waals surface area contributed by atoms with E-state index in [4.69, 9.17) is 0 Å². The van der Waals surface area contributed by atoms with E-state index in [-0.39, 0.29) is 0 Å². The van der Waals surface area contributed by atoms with E-state index in [1.54, 1.807) is 0 Å². The van der Waals surface area contributed by atoms with Crippen molar-refractivity contribution < 1.29 is 59.0 Å². The third kappa shape index (κ3) is 7.53. The molecule has 1 aromatic rings. The number of nitrogens with zero attached hydrogens (tertiary/aromatic N) is 5. The molecular formula is C24H28F9N5O4. The second-order valence-electron chi connectivity index (χ2n) is 11.1. The second-order valence-corrected chi connectivity index (χ2v) is 11.1. The summed E-state index contributed by atoms with van der Waals surface area (Å²) >= 11 is 0. The zero-order valence-electron chi connectivity index (χ0n) is 22.6. The van der Waals surface area contributed by atoms with Gasteiger partial charge < -0.3 is 14.9 Å². The van der Waals surface area contributed by atoms with Crippen molar-refractivity contribution in [3.8, 4) is 0 Å². The molecule has 1 aromatic heterocycles. The van der Waals surface area contributed by atoms with Crippen LogP contribution in [0.5, 0.6) is 0 Å². The number of rotatable bonds is 5. The van der Waals surface area contributed by atoms with Crippen LogP contribution in [-0.2, 0) is 34.9 Å². The number of amides is 3. The molecule has 42 heavy (non-hydrogen) atoms. The van der Waals surface area contributed by atoms with Crippen molar-refractivity contribution in [2.24, 2.45) is 5.92 Å². The standard InChI is InChI=1S/C24H28F9N5O4/c1-21(2,3)38(20(41)42)13(10-37-9-12(22(25,26)27)4-5-16(37)39)8-17(40)36-7-6-14-15(11-36)34-19(24(31,32)33)35-18(14)23(28,29)30/h12-13H,4-11H2,1-3H3,(H,41,42)/t12?,13-/m0/s1. The van der Waals surface area contributed by atoms with Gasteiger partial charge in [-0.05, 0) is 33.6 Å². The smallest absolute Gasteiger partial charge is 0.451 e. The van der Waals surface area contributed by atoms with Gasteiger partial charge in [0, 0.05) is 43.6 Å². The summed E-state index contributed by atoms with van der Waals surface area (Å²) in [6.45, 7) is 1.79. The number of carboxylic acid groups (broad SMARTS) is 1. The molecule has 2 atom stereocenters. The number of piperidine rings is 1. The van der Waals surface area contributed by atoms with Gasteiger partial charge in [0.05, 0.1) is 24.2 Å². The predicted octanol–water partition coefficient (Wildman–Crippen LogP) is 4.74. The predicted molar refractivity (Wildman–Crippen MR) is 125 cm³/mol. The van der Waals surface area contributed by atoms with E-state index < -0.39 is 129 Å². The average molecular weight is 622 g/mol. The lowest BCUT2D eigenvalue weighted by Crippen LogP contribution is -2.58. The Bertz CT molecular complexity index is 1210. The molecule has 1 N–H and O–H groups in total. The maximum absolute atomic E-state index is 13.5. The van der Waals surface area contributed by atoms with Crippen molar-refractivity contribution in [3.05, 3.63) is 22.8 Å². The first-order valence-corrected chi connectivity index (χ1v) is 12.7. The van der Waals surface area contributed by atoms with Crippen molar-refractivity contribution in [2.45, 2.75) is 83.1 Å². The Morgan fingerprint density at radius 1 is 1.00 bits per heavy atom. The van der Waals surface area contributed by atoms with E-state index >= 15 is 0 Å². The largest absolute Gasteiger partial charge is 0.465 e. The number of hydrogen-bond donors (Lipinski definition) is 1. The molecule has 0 bridgehead atoms. The van der Waals surface area contributed by atoms with Crippen molar-refractivity contribution in [1.29, 1.82) is 0 Å². The van der Waals surface area contributed by atoms with Gasteiger partial charge in [0.2, 0.25) is 17.6 Å². The molecule has 1 saturated heterocycles. The molecule has 0 saturated carbocycles. The number of halogens is 9. The van der Waals surface area contributed by atoms with Gasteiger partial charge in [-0.2, -0.15) is 39.5 Å². The van der Waals surface area contributed by atoms with Crippen molar-refractivity contribution in [3.63, 3.8) is 0 Å². The molecule has 3 amide bonds. The molecule has 236 valence electrons. The van der Waals surface area contributed by atoms with Gasteiger partial charge in [-0.1, -0.05) is 0 Å². The second kappa shape index (κ2) is 11.4. The van der Waals surface area contributed by atoms with Crippen LogP contribution in [0.25, 0.3) is 0 Å². The Kier molecular flexibility index (Phi) is 8.99. The van der Waals surface area contributed by atoms with E-state index in [0.29, 0.717) is 0 Å². The molecule has 9 nitrogen and oxygen atoms in total. The van der Waals surface area contributed by atoms with Crippen LogP contribution in [0.3, 0.4) is 0 Å². The molecule has 0 aromatic carbocycles. The summed E-state index contributed by atoms with van der Waals surface area (Å²) in [4.78, 5) is 46.4. The Balaban J connectivity index is 1.92. The number of fused-ring (bicyclic) bond motifs is 1. The van der Waals surface area contributed by atoms with E-state index in [1.165, 1.54) is 20.8 Å². The molecule has 1 fully saturated rings. The highest BCUT2D eigenvalue weighted by Crippen LogP contribution is 2.37. The molecule has 0 aliphatic carbocycles. The van der Waals surface area contributed by atoms with Crippen LogP contribution < -0.4 is 0 Å². The van der Waals surface area contributed by atoms with Gasteiger partial charge >= 0.3 is 24.6 Å². The highest BCUT2D eigenvalue weighted by Gasteiger charge is 2.46. The lowest BCUT2D eigenvalue weighted by atomic mass is 9.95. The fraction of sp³-hybridized carbons (Fsp3) is 0.708. The molecule has 18 heteroatoms. The minimum absolute atomic E-state index is 0.405. The maximum Gasteiger partial charge on any atom is 0.451 e. The first kappa shape index (κ1) is 33.2. The van der Waals surface area contributed by atoms with Crippen molar-refractivity contribution >= 4 is 17.9 Å². The van der Waals surface area contributed by atoms with Gasteiger partial charge in [-0.15, -0.1) is 0 Å². The molecule has 1 unspecified atom stereocenters. The topological polar surface area (TPSA) is 107 Å². The summed E-state index contributed by atoms with van der Waals surface area (Å²) < 4.78 is 120. The molecule has 2 aliphatic heterocycles. The van der Waals surface area contributed by atoms with E-state index in [0.717, 1.165) is 14.7 Å². The summed E-state index contributed by atoms with van der Waals surface area (Å²) in [5.74, 6) is -5.51. The zero-order valence-corrected chi connectivity index (χ0v) is 22.6. The molecular weight excluding hydrogens is 593 g/mol. The fourth-order valence-corrected chi connectivity index (χ4v) is 5.18. The van der Waals surface area contributed by atoms with Crippen LogP contribution in [0.2, 0.25) is 0 Å². The summed E-state index contributed by atoms with van der Waals surface area (Å²) in [6.07, 6.45) is -18.9. The van der Waals surface area contributed by atoms with Gasteiger partial charge in [0.15, 0.2) is 5.69 Å². The minimum Gasteiger partial charge on any atom is -0.465 e. The van der Waals surface area contributed by atoms with Gasteiger partial charge in [-0.25, -0.2) is 14.8 Å². The summed E-state index contributed by atoms with van der Waals surface area (Å²) in [5, 5.41) is 9.91. The highest BCUT2D eigenvalue weighted by molar-refractivity contribution is 5.79. The first-order chi connectivity index (χ1) is 19.0. The minimum atomic E-state index is -5.32. The van der Waals surface area contributed by atoms with Crippen molar-refractivity contribution in [1.82, 2.24) is 24.7 Å². The lowest BCUT2D eigenvalue weighted by Gasteiger charge is -2.43. The summed E-state index contributed by atoms with van der Waals surface area (Å²) in [6, 6.07) is -1.39. The summed E-state index contributed by atoms with van der Waals surface area (Å²) in [7, 11) is 0. The number of hydrogen-bond acceptors (Lipinski definition) is 5. The van der Waals surface area contributed by atoms with Gasteiger partial charge in [0.25, 0.3) is 0 Å². The average Bonchev–Trinajstić information content (AvgIpc) is 2.81. The molecule has 2 aliphatic rings. The van der Waals surface area contributed by atoms with Gasteiger partial charge in [0.1, 0.15) is 0 Å². The van der Waals surface area contributed by atoms with Crippen LogP contribution in [0.4, 0.5) is 44.3 Å². The third-order valence-corrected chi connectivity index (χ3v) is 7.04. The quantitative estimate of drug-likeness (QED) is 0.477. The number of likely N-dealkylation sites (tertiary alicyclic amines) is 1. The molecule has 3 rings (SSSR count). The fourth-order valence-electron chi connectivity index (χ4n) is 5.18. The number of alkyl halides is 9. The third-order valence-electron chi connectivity index (χ3n) is 7.04. The Morgan fingerprint density at radius 2 is 1.62 bits per heavy atom. The number of aromatic nitrogens is 2. The van der Waals surface area contributed by atoms with Crippen LogP contribution in [0, 0.1) is 5.92 Å². The monoisotopic (exact) mass is 621 g/mol.